The van der Waals surface area contributed by atoms with E-state index in [9.17, 15) is 9.59 Å². The number of hydrogen-bond donors (Lipinski definition) is 1. The van der Waals surface area contributed by atoms with E-state index < -0.39 is 5.97 Å². The molecule has 6 heteroatoms. The van der Waals surface area contributed by atoms with Crippen molar-refractivity contribution in [2.75, 3.05) is 11.9 Å². The van der Waals surface area contributed by atoms with Crippen molar-refractivity contribution in [3.63, 3.8) is 0 Å². The fraction of sp³-hybridized carbons (Fsp3) is 0.120. The predicted octanol–water partition coefficient (Wildman–Crippen LogP) is 6.88. The molecule has 0 radical (unpaired) electrons. The highest BCUT2D eigenvalue weighted by Gasteiger charge is 2.23. The van der Waals surface area contributed by atoms with Crippen LogP contribution in [-0.4, -0.2) is 18.5 Å². The highest BCUT2D eigenvalue weighted by molar-refractivity contribution is 7.20. The van der Waals surface area contributed by atoms with E-state index in [4.69, 9.17) is 4.74 Å². The van der Waals surface area contributed by atoms with Crippen LogP contribution in [-0.2, 0) is 4.74 Å². The van der Waals surface area contributed by atoms with Gasteiger partial charge < -0.3 is 10.1 Å². The molecule has 2 aromatic heterocycles. The van der Waals surface area contributed by atoms with Crippen LogP contribution >= 0.6 is 22.7 Å². The molecule has 31 heavy (non-hydrogen) atoms. The average Bonchev–Trinajstić information content (AvgIpc) is 3.39. The van der Waals surface area contributed by atoms with Crippen LogP contribution in [0.2, 0.25) is 0 Å². The lowest BCUT2D eigenvalue weighted by Gasteiger charge is -2.08. The van der Waals surface area contributed by atoms with Gasteiger partial charge in [0.2, 0.25) is 0 Å². The summed E-state index contributed by atoms with van der Waals surface area (Å²) in [7, 11) is 0. The lowest BCUT2D eigenvalue weighted by atomic mass is 10.0. The average molecular weight is 448 g/mol. The van der Waals surface area contributed by atoms with Crippen LogP contribution in [0.3, 0.4) is 0 Å². The quantitative estimate of drug-likeness (QED) is 0.328. The van der Waals surface area contributed by atoms with Crippen LogP contribution in [0, 0.1) is 6.92 Å². The number of carbonyl (C=O) groups excluding carboxylic acids is 2. The van der Waals surface area contributed by atoms with Gasteiger partial charge in [0.1, 0.15) is 5.00 Å². The lowest BCUT2D eigenvalue weighted by Crippen LogP contribution is -2.14. The topological polar surface area (TPSA) is 55.4 Å². The summed E-state index contributed by atoms with van der Waals surface area (Å²) < 4.78 is 5.22. The molecule has 1 amide bonds. The standard InChI is InChI=1S/C25H21NO3S2/c1-3-29-25(28)19-14-21(17-10-6-4-7-11-17)31-24(19)26-23(27)20-15-30-16(2)22(20)18-12-8-5-9-13-18/h4-15H,3H2,1-2H3,(H,26,27). The van der Waals surface area contributed by atoms with Gasteiger partial charge >= 0.3 is 5.97 Å². The fourth-order valence-corrected chi connectivity index (χ4v) is 5.26. The Balaban J connectivity index is 1.70. The summed E-state index contributed by atoms with van der Waals surface area (Å²) in [6.45, 7) is 4.04. The summed E-state index contributed by atoms with van der Waals surface area (Å²) >= 11 is 2.91. The molecular weight excluding hydrogens is 426 g/mol. The van der Waals surface area contributed by atoms with Gasteiger partial charge in [-0.3, -0.25) is 4.79 Å². The molecule has 0 unspecified atom stereocenters. The van der Waals surface area contributed by atoms with Gasteiger partial charge in [-0.05, 0) is 31.0 Å². The van der Waals surface area contributed by atoms with Crippen LogP contribution in [0.4, 0.5) is 5.00 Å². The van der Waals surface area contributed by atoms with Crippen molar-refractivity contribution in [1.82, 2.24) is 0 Å². The molecule has 4 aromatic rings. The molecule has 0 aliphatic carbocycles. The van der Waals surface area contributed by atoms with E-state index in [0.29, 0.717) is 16.1 Å². The minimum absolute atomic E-state index is 0.241. The smallest absolute Gasteiger partial charge is 0.341 e. The van der Waals surface area contributed by atoms with E-state index in [2.05, 4.69) is 5.32 Å². The normalized spacial score (nSPS) is 10.6. The van der Waals surface area contributed by atoms with Gasteiger partial charge in [-0.2, -0.15) is 0 Å². The summed E-state index contributed by atoms with van der Waals surface area (Å²) in [5, 5.41) is 5.32. The third-order valence-electron chi connectivity index (χ3n) is 4.79. The van der Waals surface area contributed by atoms with Gasteiger partial charge in [0.05, 0.1) is 17.7 Å². The molecule has 0 spiro atoms. The van der Waals surface area contributed by atoms with Crippen LogP contribution < -0.4 is 5.32 Å². The van der Waals surface area contributed by atoms with E-state index in [-0.39, 0.29) is 12.5 Å². The zero-order valence-corrected chi connectivity index (χ0v) is 18.8. The largest absolute Gasteiger partial charge is 0.462 e. The highest BCUT2D eigenvalue weighted by Crippen LogP contribution is 2.38. The first-order valence-corrected chi connectivity index (χ1v) is 11.6. The number of hydrogen-bond acceptors (Lipinski definition) is 5. The molecule has 0 aliphatic rings. The predicted molar refractivity (Wildman–Crippen MR) is 128 cm³/mol. The van der Waals surface area contributed by atoms with Gasteiger partial charge in [-0.15, -0.1) is 22.7 Å². The molecule has 0 atom stereocenters. The van der Waals surface area contributed by atoms with Gasteiger partial charge in [0, 0.05) is 20.7 Å². The van der Waals surface area contributed by atoms with E-state index in [1.165, 1.54) is 22.7 Å². The summed E-state index contributed by atoms with van der Waals surface area (Å²) in [6, 6.07) is 21.4. The Kier molecular flexibility index (Phi) is 6.30. The van der Waals surface area contributed by atoms with Gasteiger partial charge in [0.25, 0.3) is 5.91 Å². The third-order valence-corrected chi connectivity index (χ3v) is 6.81. The molecule has 0 fully saturated rings. The summed E-state index contributed by atoms with van der Waals surface area (Å²) in [5.74, 6) is -0.684. The minimum atomic E-state index is -0.444. The molecule has 156 valence electrons. The molecule has 4 nitrogen and oxygen atoms in total. The molecular formula is C25H21NO3S2. The third kappa shape index (κ3) is 4.45. The number of nitrogens with one attached hydrogen (secondary N) is 1. The Morgan fingerprint density at radius 3 is 2.23 bits per heavy atom. The van der Waals surface area contributed by atoms with E-state index in [1.807, 2.05) is 73.0 Å². The Morgan fingerprint density at radius 1 is 0.935 bits per heavy atom. The maximum Gasteiger partial charge on any atom is 0.341 e. The first kappa shape index (κ1) is 21.0. The van der Waals surface area contributed by atoms with Gasteiger partial charge in [0.15, 0.2) is 0 Å². The molecule has 2 aromatic carbocycles. The van der Waals surface area contributed by atoms with E-state index >= 15 is 0 Å². The second-order valence-electron chi connectivity index (χ2n) is 6.84. The van der Waals surface area contributed by atoms with Crippen LogP contribution in [0.25, 0.3) is 21.6 Å². The highest BCUT2D eigenvalue weighted by atomic mass is 32.1. The Hall–Kier alpha value is -3.22. The van der Waals surface area contributed by atoms with Crippen molar-refractivity contribution in [3.05, 3.63) is 88.1 Å². The van der Waals surface area contributed by atoms with Gasteiger partial charge in [-0.25, -0.2) is 4.79 Å². The maximum absolute atomic E-state index is 13.3. The Morgan fingerprint density at radius 2 is 1.58 bits per heavy atom. The number of rotatable bonds is 6. The summed E-state index contributed by atoms with van der Waals surface area (Å²) in [6.07, 6.45) is 0. The van der Waals surface area contributed by atoms with Crippen molar-refractivity contribution in [1.29, 1.82) is 0 Å². The maximum atomic E-state index is 13.3. The minimum Gasteiger partial charge on any atom is -0.462 e. The van der Waals surface area contributed by atoms with Crippen molar-refractivity contribution in [3.8, 4) is 21.6 Å². The van der Waals surface area contributed by atoms with Crippen molar-refractivity contribution < 1.29 is 14.3 Å². The lowest BCUT2D eigenvalue weighted by molar-refractivity contribution is 0.0528. The Bertz CT molecular complexity index is 1210. The number of amides is 1. The second-order valence-corrected chi connectivity index (χ2v) is 8.98. The number of benzene rings is 2. The van der Waals surface area contributed by atoms with E-state index in [1.54, 1.807) is 13.0 Å². The number of ether oxygens (including phenoxy) is 1. The molecule has 2 heterocycles. The molecule has 0 saturated heterocycles. The fourth-order valence-electron chi connectivity index (χ4n) is 3.34. The van der Waals surface area contributed by atoms with Crippen molar-refractivity contribution in [2.45, 2.75) is 13.8 Å². The molecule has 1 N–H and O–H groups in total. The van der Waals surface area contributed by atoms with Crippen molar-refractivity contribution in [2.24, 2.45) is 0 Å². The van der Waals surface area contributed by atoms with Crippen LogP contribution in [0.5, 0.6) is 0 Å². The number of carbonyl (C=O) groups is 2. The SMILES string of the molecule is CCOC(=O)c1cc(-c2ccccc2)sc1NC(=O)c1csc(C)c1-c1ccccc1. The number of esters is 1. The van der Waals surface area contributed by atoms with Crippen LogP contribution in [0.1, 0.15) is 32.5 Å². The summed E-state index contributed by atoms with van der Waals surface area (Å²) in [5.41, 5.74) is 3.86. The first-order chi connectivity index (χ1) is 15.1. The van der Waals surface area contributed by atoms with Gasteiger partial charge in [-0.1, -0.05) is 60.7 Å². The first-order valence-electron chi connectivity index (χ1n) is 9.89. The zero-order valence-electron chi connectivity index (χ0n) is 17.2. The zero-order chi connectivity index (χ0) is 21.8. The molecule has 0 saturated carbocycles. The second kappa shape index (κ2) is 9.29. The van der Waals surface area contributed by atoms with Crippen molar-refractivity contribution >= 4 is 39.6 Å². The van der Waals surface area contributed by atoms with Crippen LogP contribution in [0.15, 0.2) is 72.1 Å². The Labute approximate surface area is 189 Å². The number of aryl methyl sites for hydroxylation is 1. The molecule has 4 rings (SSSR count). The monoisotopic (exact) mass is 447 g/mol. The summed E-state index contributed by atoms with van der Waals surface area (Å²) in [4.78, 5) is 27.8. The van der Waals surface area contributed by atoms with E-state index in [0.717, 1.165) is 26.4 Å². The molecule has 0 aliphatic heterocycles. The number of thiophene rings is 2. The number of anilines is 1. The molecule has 0 bridgehead atoms.